The molecule has 18 heteroatoms. The fraction of sp³-hybridized carbons (Fsp3) is 0.324. The van der Waals surface area contributed by atoms with Crippen molar-refractivity contribution in [3.8, 4) is 16.9 Å². The van der Waals surface area contributed by atoms with E-state index in [-0.39, 0.29) is 30.2 Å². The lowest BCUT2D eigenvalue weighted by Gasteiger charge is -2.48. The van der Waals surface area contributed by atoms with Gasteiger partial charge in [-0.2, -0.15) is 5.10 Å². The van der Waals surface area contributed by atoms with E-state index in [4.69, 9.17) is 64.5 Å². The largest absolute Gasteiger partial charge is 0.441 e. The van der Waals surface area contributed by atoms with Crippen LogP contribution in [0.3, 0.4) is 0 Å². The second-order valence-electron chi connectivity index (χ2n) is 12.1. The van der Waals surface area contributed by atoms with Gasteiger partial charge in [-0.1, -0.05) is 70.3 Å². The molecule has 52 heavy (non-hydrogen) atoms. The Kier molecular flexibility index (Phi) is 10.7. The van der Waals surface area contributed by atoms with Crippen LogP contribution in [0.1, 0.15) is 42.1 Å². The molecule has 3 N–H and O–H groups in total. The molecule has 0 bridgehead atoms. The van der Waals surface area contributed by atoms with E-state index in [9.17, 15) is 13.6 Å². The lowest BCUT2D eigenvalue weighted by Crippen LogP contribution is -2.58. The number of nitrogens with one attached hydrogen (secondary N) is 1. The quantitative estimate of drug-likeness (QED) is 0.129. The Morgan fingerprint density at radius 3 is 2.60 bits per heavy atom. The molecule has 272 valence electrons. The van der Waals surface area contributed by atoms with Crippen molar-refractivity contribution in [1.82, 2.24) is 35.1 Å². The molecule has 3 aromatic carbocycles. The van der Waals surface area contributed by atoms with Crippen LogP contribution in [0.5, 0.6) is 0 Å². The molecule has 6 atom stereocenters. The average molecular weight is 776 g/mol. The summed E-state index contributed by atoms with van der Waals surface area (Å²) in [5, 5.41) is 15.9. The van der Waals surface area contributed by atoms with Crippen LogP contribution < -0.4 is 11.1 Å². The molecular weight excluding hydrogens is 745 g/mol. The number of rotatable bonds is 9. The zero-order valence-corrected chi connectivity index (χ0v) is 29.6. The second kappa shape index (κ2) is 15.4. The van der Waals surface area contributed by atoms with E-state index in [1.165, 1.54) is 15.6 Å². The van der Waals surface area contributed by atoms with Crippen molar-refractivity contribution in [2.24, 2.45) is 5.73 Å². The number of nitrogens with two attached hydrogens (primary N) is 1. The van der Waals surface area contributed by atoms with E-state index < -0.39 is 59.5 Å². The van der Waals surface area contributed by atoms with Gasteiger partial charge in [0, 0.05) is 22.7 Å². The SMILES string of the molecule is Cc1nc([C@@H]2O[C@@H]3CO[C@H](c4ccccc4)O[C@@H]3[C@H](n3cc(-c4cc(F)c(Cl)c(F)c4)nn3)[C@H]2OC(=O)NCCCN)n(-c2cc(Cl)ccc2Cl)n1. The van der Waals surface area contributed by atoms with E-state index in [1.807, 2.05) is 30.3 Å². The Hall–Kier alpha value is -4.22. The molecule has 1 amide bonds. The molecule has 7 rings (SSSR count). The predicted octanol–water partition coefficient (Wildman–Crippen LogP) is 6.31. The van der Waals surface area contributed by atoms with Gasteiger partial charge in [-0.25, -0.2) is 27.9 Å². The number of hydrogen-bond donors (Lipinski definition) is 2. The van der Waals surface area contributed by atoms with E-state index in [2.05, 4.69) is 20.7 Å². The normalized spacial score (nSPS) is 22.9. The standard InChI is InChI=1S/C34H31Cl3F2N8O5/c1-17-42-32(47(44-17)25-14-20(35)8-9-21(25)36)31-30(52-34(48)41-11-5-10-40)28(29-26(50-31)16-49-33(51-29)18-6-3-2-4-7-18)46-15-24(43-45-46)19-12-22(38)27(37)23(39)13-19/h2-4,6-9,12-15,26,28-31,33H,5,10-11,16,40H2,1H3,(H,41,48)/t26-,28+,29+,30-,31-,33+/m1/s1. The molecule has 0 spiro atoms. The summed E-state index contributed by atoms with van der Waals surface area (Å²) >= 11 is 18.7. The minimum Gasteiger partial charge on any atom is -0.441 e. The van der Waals surface area contributed by atoms with Gasteiger partial charge in [0.25, 0.3) is 0 Å². The maximum atomic E-state index is 14.5. The number of amides is 1. The number of aromatic nitrogens is 6. The second-order valence-corrected chi connectivity index (χ2v) is 13.3. The first-order valence-electron chi connectivity index (χ1n) is 16.2. The van der Waals surface area contributed by atoms with E-state index in [0.717, 1.165) is 17.7 Å². The van der Waals surface area contributed by atoms with Gasteiger partial charge >= 0.3 is 6.09 Å². The molecule has 2 saturated heterocycles. The Morgan fingerprint density at radius 2 is 1.85 bits per heavy atom. The summed E-state index contributed by atoms with van der Waals surface area (Å²) < 4.78 is 57.5. The third-order valence-electron chi connectivity index (χ3n) is 8.54. The van der Waals surface area contributed by atoms with Crippen LogP contribution in [0, 0.1) is 18.6 Å². The highest BCUT2D eigenvalue weighted by Crippen LogP contribution is 2.46. The first-order valence-corrected chi connectivity index (χ1v) is 17.3. The Balaban J connectivity index is 1.36. The number of aryl methyl sites for hydroxylation is 1. The maximum absolute atomic E-state index is 14.5. The first kappa shape index (κ1) is 36.2. The summed E-state index contributed by atoms with van der Waals surface area (Å²) in [6.45, 7) is 2.31. The van der Waals surface area contributed by atoms with E-state index in [0.29, 0.717) is 34.5 Å². The van der Waals surface area contributed by atoms with Crippen LogP contribution >= 0.6 is 34.8 Å². The Bertz CT molecular complexity index is 2050. The van der Waals surface area contributed by atoms with E-state index in [1.54, 1.807) is 25.1 Å². The molecule has 0 radical (unpaired) electrons. The Morgan fingerprint density at radius 1 is 1.08 bits per heavy atom. The molecule has 2 aromatic heterocycles. The van der Waals surface area contributed by atoms with Gasteiger partial charge in [0.15, 0.2) is 24.3 Å². The zero-order chi connectivity index (χ0) is 36.5. The molecule has 2 fully saturated rings. The molecule has 5 aromatic rings. The van der Waals surface area contributed by atoms with Crippen LogP contribution in [0.25, 0.3) is 16.9 Å². The third-order valence-corrected chi connectivity index (χ3v) is 9.46. The highest BCUT2D eigenvalue weighted by atomic mass is 35.5. The van der Waals surface area contributed by atoms with Crippen molar-refractivity contribution in [3.63, 3.8) is 0 Å². The molecule has 13 nitrogen and oxygen atoms in total. The number of carbonyl (C=O) groups excluding carboxylic acids is 1. The predicted molar refractivity (Wildman–Crippen MR) is 185 cm³/mol. The number of fused-ring (bicyclic) bond motifs is 1. The Labute approximate surface area is 310 Å². The van der Waals surface area contributed by atoms with Crippen LogP contribution in [0.15, 0.2) is 66.9 Å². The lowest BCUT2D eigenvalue weighted by molar-refractivity contribution is -0.318. The van der Waals surface area contributed by atoms with Gasteiger partial charge in [0.2, 0.25) is 0 Å². The highest BCUT2D eigenvalue weighted by molar-refractivity contribution is 6.34. The van der Waals surface area contributed by atoms with Crippen molar-refractivity contribution in [2.45, 2.75) is 50.1 Å². The number of hydrogen-bond acceptors (Lipinski definition) is 10. The topological polar surface area (TPSA) is 153 Å². The number of benzene rings is 3. The van der Waals surface area contributed by atoms with Crippen molar-refractivity contribution >= 4 is 40.9 Å². The lowest BCUT2D eigenvalue weighted by atomic mass is 9.90. The van der Waals surface area contributed by atoms with Gasteiger partial charge in [-0.05, 0) is 50.2 Å². The molecule has 0 saturated carbocycles. The van der Waals surface area contributed by atoms with Gasteiger partial charge < -0.3 is 30.0 Å². The van der Waals surface area contributed by atoms with Crippen molar-refractivity contribution < 1.29 is 32.5 Å². The highest BCUT2D eigenvalue weighted by Gasteiger charge is 2.55. The van der Waals surface area contributed by atoms with Gasteiger partial charge in [0.05, 0.1) is 23.5 Å². The maximum Gasteiger partial charge on any atom is 0.407 e. The molecule has 0 aliphatic carbocycles. The molecule has 0 unspecified atom stereocenters. The summed E-state index contributed by atoms with van der Waals surface area (Å²) in [6.07, 6.45) is -3.69. The van der Waals surface area contributed by atoms with Gasteiger partial charge in [0.1, 0.15) is 46.4 Å². The fourth-order valence-electron chi connectivity index (χ4n) is 6.18. The summed E-state index contributed by atoms with van der Waals surface area (Å²) in [4.78, 5) is 18.2. The zero-order valence-electron chi connectivity index (χ0n) is 27.3. The smallest absolute Gasteiger partial charge is 0.407 e. The minimum atomic E-state index is -1.23. The number of halogens is 5. The molecule has 2 aliphatic heterocycles. The number of alkyl carbamates (subject to hydrolysis) is 1. The van der Waals surface area contributed by atoms with Crippen molar-refractivity contribution in [1.29, 1.82) is 0 Å². The van der Waals surface area contributed by atoms with E-state index >= 15 is 0 Å². The molecule has 4 heterocycles. The number of carbonyl (C=O) groups is 1. The third kappa shape index (κ3) is 7.35. The van der Waals surface area contributed by atoms with Crippen molar-refractivity contribution in [2.75, 3.05) is 19.7 Å². The number of nitrogens with zero attached hydrogens (tertiary/aromatic N) is 6. The van der Waals surface area contributed by atoms with Crippen LogP contribution in [0.4, 0.5) is 13.6 Å². The first-order chi connectivity index (χ1) is 25.1. The van der Waals surface area contributed by atoms with Gasteiger partial charge in [-0.15, -0.1) is 5.10 Å². The minimum absolute atomic E-state index is 0.0485. The summed E-state index contributed by atoms with van der Waals surface area (Å²) in [7, 11) is 0. The average Bonchev–Trinajstić information content (AvgIpc) is 3.78. The van der Waals surface area contributed by atoms with Crippen LogP contribution in [-0.4, -0.2) is 73.9 Å². The van der Waals surface area contributed by atoms with Crippen LogP contribution in [-0.2, 0) is 18.9 Å². The monoisotopic (exact) mass is 774 g/mol. The van der Waals surface area contributed by atoms with Crippen LogP contribution in [0.2, 0.25) is 15.1 Å². The molecular formula is C34H31Cl3F2N8O5. The number of ether oxygens (including phenoxy) is 4. The summed E-state index contributed by atoms with van der Waals surface area (Å²) in [5.74, 6) is -1.37. The van der Waals surface area contributed by atoms with Crippen molar-refractivity contribution in [3.05, 3.63) is 111 Å². The summed E-state index contributed by atoms with van der Waals surface area (Å²) in [6, 6.07) is 15.2. The summed E-state index contributed by atoms with van der Waals surface area (Å²) in [5.41, 5.74) is 6.96. The fourth-order valence-corrected chi connectivity index (χ4v) is 6.65. The molecule has 2 aliphatic rings. The van der Waals surface area contributed by atoms with Gasteiger partial charge in [-0.3, -0.25) is 0 Å².